The highest BCUT2D eigenvalue weighted by Crippen LogP contribution is 2.25. The van der Waals surface area contributed by atoms with Crippen molar-refractivity contribution in [3.63, 3.8) is 0 Å². The average Bonchev–Trinajstić information content (AvgIpc) is 3.09. The SMILES string of the molecule is Cn1nc(-c2ccc(C(C)(C)C)cc2)nc1CN1CCCC1. The summed E-state index contributed by atoms with van der Waals surface area (Å²) >= 11 is 0. The second-order valence-corrected chi connectivity index (χ2v) is 7.29. The van der Waals surface area contributed by atoms with Crippen LogP contribution < -0.4 is 0 Å². The fourth-order valence-corrected chi connectivity index (χ4v) is 2.94. The van der Waals surface area contributed by atoms with Crippen molar-refractivity contribution in [2.24, 2.45) is 7.05 Å². The number of likely N-dealkylation sites (tertiary alicyclic amines) is 1. The molecule has 118 valence electrons. The van der Waals surface area contributed by atoms with E-state index in [1.54, 1.807) is 0 Å². The van der Waals surface area contributed by atoms with E-state index in [2.05, 4.69) is 55.0 Å². The summed E-state index contributed by atoms with van der Waals surface area (Å²) in [4.78, 5) is 7.20. The second-order valence-electron chi connectivity index (χ2n) is 7.29. The number of benzene rings is 1. The molecule has 1 fully saturated rings. The number of hydrogen-bond donors (Lipinski definition) is 0. The molecule has 0 bridgehead atoms. The third kappa shape index (κ3) is 3.22. The van der Waals surface area contributed by atoms with E-state index in [9.17, 15) is 0 Å². The standard InChI is InChI=1S/C18H26N4/c1-18(2,3)15-9-7-14(8-10-15)17-19-16(21(4)20-17)13-22-11-5-6-12-22/h7-10H,5-6,11-13H2,1-4H3. The molecule has 0 amide bonds. The fraction of sp³-hybridized carbons (Fsp3) is 0.556. The number of aromatic nitrogens is 3. The van der Waals surface area contributed by atoms with E-state index in [-0.39, 0.29) is 5.41 Å². The Bertz CT molecular complexity index is 628. The summed E-state index contributed by atoms with van der Waals surface area (Å²) in [6, 6.07) is 8.64. The number of aryl methyl sites for hydroxylation is 1. The first-order valence-electron chi connectivity index (χ1n) is 8.17. The molecule has 4 heteroatoms. The first kappa shape index (κ1) is 15.2. The van der Waals surface area contributed by atoms with Gasteiger partial charge in [-0.25, -0.2) is 4.98 Å². The predicted molar refractivity (Wildman–Crippen MR) is 89.7 cm³/mol. The molecule has 0 radical (unpaired) electrons. The minimum Gasteiger partial charge on any atom is -0.296 e. The van der Waals surface area contributed by atoms with E-state index < -0.39 is 0 Å². The maximum Gasteiger partial charge on any atom is 0.181 e. The van der Waals surface area contributed by atoms with Gasteiger partial charge >= 0.3 is 0 Å². The van der Waals surface area contributed by atoms with Crippen LogP contribution >= 0.6 is 0 Å². The minimum atomic E-state index is 0.178. The molecule has 2 heterocycles. The topological polar surface area (TPSA) is 34.0 Å². The van der Waals surface area contributed by atoms with E-state index in [0.29, 0.717) is 0 Å². The number of nitrogens with zero attached hydrogens (tertiary/aromatic N) is 4. The summed E-state index contributed by atoms with van der Waals surface area (Å²) in [5.74, 6) is 1.88. The van der Waals surface area contributed by atoms with Gasteiger partial charge in [-0.05, 0) is 36.9 Å². The molecule has 0 N–H and O–H groups in total. The zero-order valence-corrected chi connectivity index (χ0v) is 14.1. The predicted octanol–water partition coefficient (Wildman–Crippen LogP) is 3.38. The Labute approximate surface area is 133 Å². The molecule has 1 aliphatic heterocycles. The maximum atomic E-state index is 4.75. The molecule has 1 saturated heterocycles. The van der Waals surface area contributed by atoms with Crippen molar-refractivity contribution in [3.8, 4) is 11.4 Å². The zero-order chi connectivity index (χ0) is 15.7. The van der Waals surface area contributed by atoms with Crippen LogP contribution in [0.15, 0.2) is 24.3 Å². The van der Waals surface area contributed by atoms with Crippen molar-refractivity contribution < 1.29 is 0 Å². The van der Waals surface area contributed by atoms with Gasteiger partial charge in [0.15, 0.2) is 5.82 Å². The van der Waals surface area contributed by atoms with Gasteiger partial charge < -0.3 is 0 Å². The van der Waals surface area contributed by atoms with Crippen LogP contribution in [-0.4, -0.2) is 32.8 Å². The van der Waals surface area contributed by atoms with Gasteiger partial charge in [-0.15, -0.1) is 0 Å². The Morgan fingerprint density at radius 1 is 1.05 bits per heavy atom. The minimum absolute atomic E-state index is 0.178. The fourth-order valence-electron chi connectivity index (χ4n) is 2.94. The highest BCUT2D eigenvalue weighted by atomic mass is 15.3. The van der Waals surface area contributed by atoms with Crippen LogP contribution in [0.3, 0.4) is 0 Å². The van der Waals surface area contributed by atoms with Crippen LogP contribution in [0.4, 0.5) is 0 Å². The van der Waals surface area contributed by atoms with Crippen LogP contribution in [0, 0.1) is 0 Å². The molecule has 22 heavy (non-hydrogen) atoms. The van der Waals surface area contributed by atoms with Gasteiger partial charge in [-0.3, -0.25) is 9.58 Å². The smallest absolute Gasteiger partial charge is 0.181 e. The lowest BCUT2D eigenvalue weighted by atomic mass is 9.87. The van der Waals surface area contributed by atoms with Crippen LogP contribution in [0.2, 0.25) is 0 Å². The van der Waals surface area contributed by atoms with Gasteiger partial charge in [-0.2, -0.15) is 5.10 Å². The van der Waals surface area contributed by atoms with E-state index in [0.717, 1.165) is 23.8 Å². The molecule has 2 aromatic rings. The molecular formula is C18H26N4. The molecule has 0 aliphatic carbocycles. The van der Waals surface area contributed by atoms with Gasteiger partial charge in [0.1, 0.15) is 5.82 Å². The molecule has 3 rings (SSSR count). The Kier molecular flexibility index (Phi) is 4.04. The Morgan fingerprint density at radius 3 is 2.27 bits per heavy atom. The van der Waals surface area contributed by atoms with Crippen LogP contribution in [-0.2, 0) is 19.0 Å². The van der Waals surface area contributed by atoms with Crippen LogP contribution in [0.5, 0.6) is 0 Å². The van der Waals surface area contributed by atoms with Crippen molar-refractivity contribution >= 4 is 0 Å². The van der Waals surface area contributed by atoms with Crippen molar-refractivity contribution in [1.82, 2.24) is 19.7 Å². The Morgan fingerprint density at radius 2 is 1.68 bits per heavy atom. The molecular weight excluding hydrogens is 272 g/mol. The summed E-state index contributed by atoms with van der Waals surface area (Å²) in [6.45, 7) is 9.97. The zero-order valence-electron chi connectivity index (χ0n) is 14.1. The highest BCUT2D eigenvalue weighted by Gasteiger charge is 2.17. The normalized spacial score (nSPS) is 16.4. The van der Waals surface area contributed by atoms with Gasteiger partial charge in [0.2, 0.25) is 0 Å². The molecule has 1 aliphatic rings. The Hall–Kier alpha value is -1.68. The largest absolute Gasteiger partial charge is 0.296 e. The maximum absolute atomic E-state index is 4.75. The van der Waals surface area contributed by atoms with Crippen LogP contribution in [0.1, 0.15) is 45.0 Å². The molecule has 4 nitrogen and oxygen atoms in total. The van der Waals surface area contributed by atoms with Gasteiger partial charge in [0, 0.05) is 12.6 Å². The van der Waals surface area contributed by atoms with E-state index >= 15 is 0 Å². The molecule has 1 aromatic heterocycles. The number of rotatable bonds is 3. The molecule has 0 spiro atoms. The summed E-state index contributed by atoms with van der Waals surface area (Å²) in [5.41, 5.74) is 2.61. The van der Waals surface area contributed by atoms with Crippen molar-refractivity contribution in [2.45, 2.75) is 45.6 Å². The van der Waals surface area contributed by atoms with Gasteiger partial charge in [0.05, 0.1) is 6.54 Å². The lowest BCUT2D eigenvalue weighted by Gasteiger charge is -2.18. The third-order valence-electron chi connectivity index (χ3n) is 4.43. The average molecular weight is 298 g/mol. The monoisotopic (exact) mass is 298 g/mol. The molecule has 0 unspecified atom stereocenters. The van der Waals surface area contributed by atoms with Crippen molar-refractivity contribution in [3.05, 3.63) is 35.7 Å². The second kappa shape index (κ2) is 5.84. The lowest BCUT2D eigenvalue weighted by molar-refractivity contribution is 0.317. The molecule has 0 atom stereocenters. The van der Waals surface area contributed by atoms with Crippen molar-refractivity contribution in [2.75, 3.05) is 13.1 Å². The third-order valence-corrected chi connectivity index (χ3v) is 4.43. The quantitative estimate of drug-likeness (QED) is 0.871. The summed E-state index contributed by atoms with van der Waals surface area (Å²) in [7, 11) is 1.99. The van der Waals surface area contributed by atoms with Crippen molar-refractivity contribution in [1.29, 1.82) is 0 Å². The highest BCUT2D eigenvalue weighted by molar-refractivity contribution is 5.55. The number of hydrogen-bond acceptors (Lipinski definition) is 3. The van der Waals surface area contributed by atoms with E-state index in [1.807, 2.05) is 11.7 Å². The van der Waals surface area contributed by atoms with E-state index in [4.69, 9.17) is 4.98 Å². The molecule has 0 saturated carbocycles. The summed E-state index contributed by atoms with van der Waals surface area (Å²) in [6.07, 6.45) is 2.61. The summed E-state index contributed by atoms with van der Waals surface area (Å²) in [5, 5.41) is 4.59. The van der Waals surface area contributed by atoms with Gasteiger partial charge in [-0.1, -0.05) is 45.0 Å². The van der Waals surface area contributed by atoms with E-state index in [1.165, 1.54) is 31.5 Å². The molecule has 1 aromatic carbocycles. The lowest BCUT2D eigenvalue weighted by Crippen LogP contribution is -2.20. The Balaban J connectivity index is 1.80. The van der Waals surface area contributed by atoms with Crippen LogP contribution in [0.25, 0.3) is 11.4 Å². The first-order chi connectivity index (χ1) is 10.4. The van der Waals surface area contributed by atoms with Gasteiger partial charge in [0.25, 0.3) is 0 Å². The first-order valence-corrected chi connectivity index (χ1v) is 8.17. The summed E-state index contributed by atoms with van der Waals surface area (Å²) < 4.78 is 1.92.